The van der Waals surface area contributed by atoms with Gasteiger partial charge in [-0.05, 0) is 54.9 Å². The van der Waals surface area contributed by atoms with Crippen LogP contribution in [-0.4, -0.2) is 70.6 Å². The highest BCUT2D eigenvalue weighted by Gasteiger charge is 2.30. The third-order valence-corrected chi connectivity index (χ3v) is 6.54. The highest BCUT2D eigenvalue weighted by molar-refractivity contribution is 5.94. The van der Waals surface area contributed by atoms with Gasteiger partial charge in [-0.15, -0.1) is 0 Å². The second-order valence-corrected chi connectivity index (χ2v) is 10.8. The molecule has 2 rings (SSSR count). The van der Waals surface area contributed by atoms with Crippen molar-refractivity contribution in [1.29, 1.82) is 0 Å². The molecule has 43 heavy (non-hydrogen) atoms. The van der Waals surface area contributed by atoms with Gasteiger partial charge in [0.25, 0.3) is 0 Å². The zero-order valence-corrected chi connectivity index (χ0v) is 24.5. The SMILES string of the molecule is CC(C)CC(NC(=O)C(N)Cc1ccc(O)cc1)C(=O)NC(CCCN=C(N)N)C(=O)NC(Cc1ccccc1)C(=O)O. The summed E-state index contributed by atoms with van der Waals surface area (Å²) in [6.07, 6.45) is 0.898. The van der Waals surface area contributed by atoms with Crippen LogP contribution in [0, 0.1) is 5.92 Å². The molecule has 0 aliphatic rings. The normalized spacial score (nSPS) is 13.7. The van der Waals surface area contributed by atoms with Crippen molar-refractivity contribution in [3.05, 3.63) is 65.7 Å². The van der Waals surface area contributed by atoms with Crippen molar-refractivity contribution in [3.63, 3.8) is 0 Å². The van der Waals surface area contributed by atoms with Gasteiger partial charge in [-0.3, -0.25) is 19.4 Å². The van der Waals surface area contributed by atoms with Crippen LogP contribution in [0.5, 0.6) is 5.75 Å². The maximum absolute atomic E-state index is 13.4. The lowest BCUT2D eigenvalue weighted by Gasteiger charge is -2.26. The van der Waals surface area contributed by atoms with Crippen LogP contribution in [0.3, 0.4) is 0 Å². The number of phenolic OH excluding ortho intramolecular Hbond substituents is 1. The number of aliphatic imine (C=N–C) groups is 1. The summed E-state index contributed by atoms with van der Waals surface area (Å²) in [4.78, 5) is 55.6. The fourth-order valence-corrected chi connectivity index (χ4v) is 4.33. The molecule has 0 aliphatic carbocycles. The Morgan fingerprint density at radius 3 is 1.93 bits per heavy atom. The summed E-state index contributed by atoms with van der Waals surface area (Å²) in [7, 11) is 0. The van der Waals surface area contributed by atoms with Gasteiger partial charge in [0.2, 0.25) is 17.7 Å². The van der Waals surface area contributed by atoms with Gasteiger partial charge in [0, 0.05) is 13.0 Å². The molecule has 4 atom stereocenters. The van der Waals surface area contributed by atoms with Gasteiger partial charge in [0.05, 0.1) is 6.04 Å². The molecule has 0 radical (unpaired) electrons. The number of carbonyl (C=O) groups excluding carboxylic acids is 3. The number of phenols is 1. The smallest absolute Gasteiger partial charge is 0.326 e. The number of nitrogens with one attached hydrogen (secondary N) is 3. The monoisotopic (exact) mass is 597 g/mol. The van der Waals surface area contributed by atoms with E-state index in [4.69, 9.17) is 17.2 Å². The Morgan fingerprint density at radius 2 is 1.35 bits per heavy atom. The van der Waals surface area contributed by atoms with E-state index in [1.54, 1.807) is 42.5 Å². The fraction of sp³-hybridized carbons (Fsp3) is 0.433. The molecule has 3 amide bonds. The highest BCUT2D eigenvalue weighted by atomic mass is 16.4. The molecule has 13 nitrogen and oxygen atoms in total. The average Bonchev–Trinajstić information content (AvgIpc) is 2.95. The number of hydrogen-bond donors (Lipinski definition) is 8. The van der Waals surface area contributed by atoms with E-state index in [-0.39, 0.29) is 49.9 Å². The maximum Gasteiger partial charge on any atom is 0.326 e. The van der Waals surface area contributed by atoms with Crippen molar-refractivity contribution >= 4 is 29.7 Å². The minimum Gasteiger partial charge on any atom is -0.508 e. The van der Waals surface area contributed by atoms with Crippen LogP contribution in [0.25, 0.3) is 0 Å². The number of benzene rings is 2. The Labute approximate surface area is 251 Å². The van der Waals surface area contributed by atoms with E-state index in [2.05, 4.69) is 20.9 Å². The molecule has 0 spiro atoms. The van der Waals surface area contributed by atoms with E-state index in [9.17, 15) is 29.4 Å². The van der Waals surface area contributed by atoms with Gasteiger partial charge in [-0.1, -0.05) is 56.3 Å². The molecule has 0 heterocycles. The van der Waals surface area contributed by atoms with E-state index in [0.717, 1.165) is 5.56 Å². The Hall–Kier alpha value is -4.65. The van der Waals surface area contributed by atoms with Crippen molar-refractivity contribution < 1.29 is 29.4 Å². The number of rotatable bonds is 17. The van der Waals surface area contributed by atoms with Crippen molar-refractivity contribution in [1.82, 2.24) is 16.0 Å². The Morgan fingerprint density at radius 1 is 0.791 bits per heavy atom. The number of hydrogen-bond acceptors (Lipinski definition) is 7. The zero-order chi connectivity index (χ0) is 31.9. The van der Waals surface area contributed by atoms with Crippen molar-refractivity contribution in [2.24, 2.45) is 28.1 Å². The van der Waals surface area contributed by atoms with Gasteiger partial charge in [0.1, 0.15) is 23.9 Å². The Bertz CT molecular complexity index is 1230. The number of carbonyl (C=O) groups is 4. The van der Waals surface area contributed by atoms with Gasteiger partial charge in [-0.25, -0.2) is 4.79 Å². The second-order valence-electron chi connectivity index (χ2n) is 10.8. The largest absolute Gasteiger partial charge is 0.508 e. The van der Waals surface area contributed by atoms with E-state index in [1.807, 2.05) is 13.8 Å². The van der Waals surface area contributed by atoms with Crippen LogP contribution in [-0.2, 0) is 32.0 Å². The van der Waals surface area contributed by atoms with E-state index in [1.165, 1.54) is 12.1 Å². The van der Waals surface area contributed by atoms with Crippen LogP contribution in [0.15, 0.2) is 59.6 Å². The van der Waals surface area contributed by atoms with Crippen LogP contribution >= 0.6 is 0 Å². The third-order valence-electron chi connectivity index (χ3n) is 6.54. The number of nitrogens with two attached hydrogens (primary N) is 3. The van der Waals surface area contributed by atoms with Crippen LogP contribution in [0.4, 0.5) is 0 Å². The van der Waals surface area contributed by atoms with Crippen molar-refractivity contribution in [3.8, 4) is 5.75 Å². The summed E-state index contributed by atoms with van der Waals surface area (Å²) in [5, 5.41) is 27.1. The zero-order valence-electron chi connectivity index (χ0n) is 24.5. The van der Waals surface area contributed by atoms with E-state index < -0.39 is 47.9 Å². The first-order valence-electron chi connectivity index (χ1n) is 14.1. The molecule has 0 aromatic heterocycles. The molecule has 13 heteroatoms. The van der Waals surface area contributed by atoms with Gasteiger partial charge >= 0.3 is 5.97 Å². The van der Waals surface area contributed by atoms with Gasteiger partial charge in [0.15, 0.2) is 5.96 Å². The number of aliphatic carboxylic acids is 1. The number of carboxylic acid groups (broad SMARTS) is 1. The quantitative estimate of drug-likeness (QED) is 0.0702. The lowest BCUT2D eigenvalue weighted by atomic mass is 10.0. The fourth-order valence-electron chi connectivity index (χ4n) is 4.33. The molecule has 0 saturated heterocycles. The average molecular weight is 598 g/mol. The van der Waals surface area contributed by atoms with E-state index in [0.29, 0.717) is 12.0 Å². The molecular weight excluding hydrogens is 554 g/mol. The van der Waals surface area contributed by atoms with Crippen LogP contribution in [0.1, 0.15) is 44.2 Å². The Balaban J connectivity index is 2.17. The number of amides is 3. The summed E-state index contributed by atoms with van der Waals surface area (Å²) < 4.78 is 0. The highest BCUT2D eigenvalue weighted by Crippen LogP contribution is 2.12. The molecule has 234 valence electrons. The first-order valence-corrected chi connectivity index (χ1v) is 14.1. The second kappa shape index (κ2) is 17.3. The summed E-state index contributed by atoms with van der Waals surface area (Å²) in [6, 6.07) is 10.8. The molecule has 0 bridgehead atoms. The number of aromatic hydroxyl groups is 1. The van der Waals surface area contributed by atoms with Crippen molar-refractivity contribution in [2.45, 2.75) is 70.1 Å². The molecule has 0 fully saturated rings. The first kappa shape index (κ1) is 34.6. The molecular formula is C30H43N7O6. The van der Waals surface area contributed by atoms with E-state index >= 15 is 0 Å². The summed E-state index contributed by atoms with van der Waals surface area (Å²) >= 11 is 0. The summed E-state index contributed by atoms with van der Waals surface area (Å²) in [5.74, 6) is -3.13. The summed E-state index contributed by atoms with van der Waals surface area (Å²) in [6.45, 7) is 3.94. The van der Waals surface area contributed by atoms with Gasteiger partial charge in [-0.2, -0.15) is 0 Å². The third kappa shape index (κ3) is 12.8. The predicted molar refractivity (Wildman–Crippen MR) is 163 cm³/mol. The number of carboxylic acids is 1. The van der Waals surface area contributed by atoms with Crippen LogP contribution < -0.4 is 33.2 Å². The minimum atomic E-state index is -1.24. The molecule has 2 aromatic rings. The minimum absolute atomic E-state index is 0.000722. The van der Waals surface area contributed by atoms with Crippen LogP contribution in [0.2, 0.25) is 0 Å². The maximum atomic E-state index is 13.4. The first-order chi connectivity index (χ1) is 20.3. The standard InChI is InChI=1S/C30H43N7O6/c1-18(2)15-24(36-26(39)22(31)16-20-10-12-21(38)13-11-20)28(41)35-23(9-6-14-34-30(32)33)27(40)37-25(29(42)43)17-19-7-4-3-5-8-19/h3-5,7-8,10-13,18,22-25,38H,6,9,14-17,31H2,1-2H3,(H,35,41)(H,36,39)(H,37,40)(H,42,43)(H4,32,33,34). The lowest BCUT2D eigenvalue weighted by molar-refractivity contribution is -0.142. The Kier molecular flexibility index (Phi) is 13.9. The van der Waals surface area contributed by atoms with Gasteiger partial charge < -0.3 is 43.4 Å². The number of nitrogens with zero attached hydrogens (tertiary/aromatic N) is 1. The molecule has 0 saturated carbocycles. The molecule has 0 aliphatic heterocycles. The molecule has 2 aromatic carbocycles. The number of guanidine groups is 1. The van der Waals surface area contributed by atoms with Crippen molar-refractivity contribution in [2.75, 3.05) is 6.54 Å². The topological polar surface area (TPSA) is 235 Å². The molecule has 11 N–H and O–H groups in total. The molecule has 4 unspecified atom stereocenters. The predicted octanol–water partition coefficient (Wildman–Crippen LogP) is 0.143. The summed E-state index contributed by atoms with van der Waals surface area (Å²) in [5.41, 5.74) is 18.3. The lowest BCUT2D eigenvalue weighted by Crippen LogP contribution is -2.57.